The quantitative estimate of drug-likeness (QED) is 0.749. The van der Waals surface area contributed by atoms with Crippen LogP contribution in [0.2, 0.25) is 0 Å². The molecule has 13 heavy (non-hydrogen) atoms. The molecule has 0 aromatic heterocycles. The normalized spacial score (nSPS) is 16.1. The van der Waals surface area contributed by atoms with Crippen molar-refractivity contribution < 1.29 is 4.84 Å². The lowest BCUT2D eigenvalue weighted by atomic mass is 10.2. The van der Waals surface area contributed by atoms with Gasteiger partial charge in [-0.05, 0) is 30.5 Å². The Labute approximate surface area is 82.4 Å². The molecule has 0 spiro atoms. The average molecular weight is 195 g/mol. The van der Waals surface area contributed by atoms with Gasteiger partial charge in [0, 0.05) is 10.1 Å². The Balaban J connectivity index is 1.95. The zero-order chi connectivity index (χ0) is 9.10. The fourth-order valence-corrected chi connectivity index (χ4v) is 2.19. The van der Waals surface area contributed by atoms with E-state index in [4.69, 9.17) is 5.90 Å². The molecule has 0 amide bonds. The van der Waals surface area contributed by atoms with Crippen LogP contribution >= 0.6 is 11.8 Å². The zero-order valence-electron chi connectivity index (χ0n) is 7.40. The highest BCUT2D eigenvalue weighted by atomic mass is 32.2. The first kappa shape index (κ1) is 9.06. The molecule has 0 atom stereocenters. The Hall–Kier alpha value is -0.510. The van der Waals surface area contributed by atoms with E-state index in [-0.39, 0.29) is 0 Å². The minimum Gasteiger partial charge on any atom is -0.300 e. The molecule has 1 fully saturated rings. The van der Waals surface area contributed by atoms with E-state index in [1.54, 1.807) is 0 Å². The van der Waals surface area contributed by atoms with Gasteiger partial charge in [0.1, 0.15) is 0 Å². The molecule has 0 aliphatic heterocycles. The van der Waals surface area contributed by atoms with Gasteiger partial charge >= 0.3 is 0 Å². The van der Waals surface area contributed by atoms with Crippen molar-refractivity contribution in [3.8, 4) is 0 Å². The van der Waals surface area contributed by atoms with Crippen LogP contribution in [-0.2, 0) is 11.4 Å². The summed E-state index contributed by atoms with van der Waals surface area (Å²) in [4.78, 5) is 5.90. The summed E-state index contributed by atoms with van der Waals surface area (Å²) in [7, 11) is 0. The fourth-order valence-electron chi connectivity index (χ4n) is 1.14. The topological polar surface area (TPSA) is 35.2 Å². The second-order valence-corrected chi connectivity index (χ2v) is 4.65. The lowest BCUT2D eigenvalue weighted by Crippen LogP contribution is -1.98. The van der Waals surface area contributed by atoms with Crippen molar-refractivity contribution in [2.24, 2.45) is 5.90 Å². The summed E-state index contributed by atoms with van der Waals surface area (Å²) in [5, 5.41) is 0.872. The Kier molecular flexibility index (Phi) is 2.88. The van der Waals surface area contributed by atoms with Crippen molar-refractivity contribution in [2.75, 3.05) is 0 Å². The smallest absolute Gasteiger partial charge is 0.0930 e. The molecule has 70 valence electrons. The van der Waals surface area contributed by atoms with Crippen molar-refractivity contribution in [1.29, 1.82) is 0 Å². The number of hydrogen-bond acceptors (Lipinski definition) is 3. The Morgan fingerprint density at radius 2 is 2.00 bits per heavy atom. The predicted molar refractivity (Wildman–Crippen MR) is 54.3 cm³/mol. The van der Waals surface area contributed by atoms with Crippen molar-refractivity contribution >= 4 is 11.8 Å². The number of thioether (sulfide) groups is 1. The lowest BCUT2D eigenvalue weighted by Gasteiger charge is -2.01. The largest absolute Gasteiger partial charge is 0.300 e. The molecule has 0 bridgehead atoms. The Morgan fingerprint density at radius 1 is 1.31 bits per heavy atom. The van der Waals surface area contributed by atoms with E-state index in [1.165, 1.54) is 17.7 Å². The van der Waals surface area contributed by atoms with E-state index in [0.717, 1.165) is 10.8 Å². The maximum absolute atomic E-state index is 4.98. The maximum atomic E-state index is 4.98. The van der Waals surface area contributed by atoms with E-state index in [0.29, 0.717) is 6.61 Å². The first-order chi connectivity index (χ1) is 6.38. The number of hydrogen-bond donors (Lipinski definition) is 1. The molecule has 0 saturated heterocycles. The van der Waals surface area contributed by atoms with Crippen molar-refractivity contribution in [3.05, 3.63) is 29.8 Å². The SMILES string of the molecule is NOCc1ccc(SC2CC2)cc1. The summed E-state index contributed by atoms with van der Waals surface area (Å²) in [6, 6.07) is 8.41. The molecule has 0 radical (unpaired) electrons. The summed E-state index contributed by atoms with van der Waals surface area (Å²) >= 11 is 1.96. The van der Waals surface area contributed by atoms with Crippen LogP contribution in [0.25, 0.3) is 0 Å². The highest BCUT2D eigenvalue weighted by Gasteiger charge is 2.22. The average Bonchev–Trinajstić information content (AvgIpc) is 2.93. The monoisotopic (exact) mass is 195 g/mol. The van der Waals surface area contributed by atoms with E-state index >= 15 is 0 Å². The van der Waals surface area contributed by atoms with Crippen LogP contribution in [0, 0.1) is 0 Å². The Bertz CT molecular complexity index is 269. The van der Waals surface area contributed by atoms with Gasteiger partial charge in [0.05, 0.1) is 6.61 Å². The summed E-state index contributed by atoms with van der Waals surface area (Å²) in [6.45, 7) is 0.494. The number of rotatable bonds is 4. The highest BCUT2D eigenvalue weighted by molar-refractivity contribution is 8.00. The van der Waals surface area contributed by atoms with Crippen molar-refractivity contribution in [1.82, 2.24) is 0 Å². The molecule has 2 rings (SSSR count). The minimum absolute atomic E-state index is 0.494. The van der Waals surface area contributed by atoms with E-state index < -0.39 is 0 Å². The summed E-state index contributed by atoms with van der Waals surface area (Å²) in [6.07, 6.45) is 2.75. The minimum atomic E-state index is 0.494. The molecule has 1 aliphatic rings. The maximum Gasteiger partial charge on any atom is 0.0930 e. The van der Waals surface area contributed by atoms with Crippen LogP contribution in [0.4, 0.5) is 0 Å². The van der Waals surface area contributed by atoms with Gasteiger partial charge in [0.15, 0.2) is 0 Å². The second kappa shape index (κ2) is 4.13. The van der Waals surface area contributed by atoms with Crippen molar-refractivity contribution in [2.45, 2.75) is 29.6 Å². The van der Waals surface area contributed by atoms with Gasteiger partial charge in [-0.2, -0.15) is 0 Å². The summed E-state index contributed by atoms with van der Waals surface area (Å²) in [5.74, 6) is 4.98. The van der Waals surface area contributed by atoms with Gasteiger partial charge in [0.25, 0.3) is 0 Å². The van der Waals surface area contributed by atoms with Gasteiger partial charge in [0.2, 0.25) is 0 Å². The zero-order valence-corrected chi connectivity index (χ0v) is 8.22. The summed E-state index contributed by atoms with van der Waals surface area (Å²) in [5.41, 5.74) is 1.13. The van der Waals surface area contributed by atoms with Crippen LogP contribution in [0.5, 0.6) is 0 Å². The Morgan fingerprint density at radius 3 is 2.54 bits per heavy atom. The van der Waals surface area contributed by atoms with Crippen LogP contribution in [0.1, 0.15) is 18.4 Å². The molecule has 3 heteroatoms. The molecule has 2 N–H and O–H groups in total. The molecule has 0 heterocycles. The molecule has 2 nitrogen and oxygen atoms in total. The lowest BCUT2D eigenvalue weighted by molar-refractivity contribution is 0.124. The number of nitrogens with two attached hydrogens (primary N) is 1. The molecular weight excluding hydrogens is 182 g/mol. The summed E-state index contributed by atoms with van der Waals surface area (Å²) < 4.78 is 0. The van der Waals surface area contributed by atoms with Crippen LogP contribution in [0.15, 0.2) is 29.2 Å². The van der Waals surface area contributed by atoms with Crippen LogP contribution < -0.4 is 5.90 Å². The molecule has 1 saturated carbocycles. The highest BCUT2D eigenvalue weighted by Crippen LogP contribution is 2.38. The predicted octanol–water partition coefficient (Wildman–Crippen LogP) is 2.33. The van der Waals surface area contributed by atoms with Crippen LogP contribution in [-0.4, -0.2) is 5.25 Å². The van der Waals surface area contributed by atoms with Crippen LogP contribution in [0.3, 0.4) is 0 Å². The molecule has 1 aromatic rings. The molecule has 1 aromatic carbocycles. The van der Waals surface area contributed by atoms with Gasteiger partial charge in [-0.25, -0.2) is 5.90 Å². The third-order valence-corrected chi connectivity index (χ3v) is 3.35. The van der Waals surface area contributed by atoms with Gasteiger partial charge < -0.3 is 0 Å². The third kappa shape index (κ3) is 2.72. The van der Waals surface area contributed by atoms with Gasteiger partial charge in [-0.1, -0.05) is 12.1 Å². The van der Waals surface area contributed by atoms with Crippen molar-refractivity contribution in [3.63, 3.8) is 0 Å². The van der Waals surface area contributed by atoms with E-state index in [1.807, 2.05) is 11.8 Å². The van der Waals surface area contributed by atoms with E-state index in [9.17, 15) is 0 Å². The number of benzene rings is 1. The van der Waals surface area contributed by atoms with Gasteiger partial charge in [-0.3, -0.25) is 4.84 Å². The standard InChI is InChI=1S/C10H13NOS/c11-12-7-8-1-3-9(4-2-8)13-10-5-6-10/h1-4,10H,5-7,11H2. The first-order valence-corrected chi connectivity index (χ1v) is 5.34. The second-order valence-electron chi connectivity index (χ2n) is 3.27. The fraction of sp³-hybridized carbons (Fsp3) is 0.400. The van der Waals surface area contributed by atoms with Gasteiger partial charge in [-0.15, -0.1) is 11.8 Å². The third-order valence-electron chi connectivity index (χ3n) is 2.00. The molecular formula is C10H13NOS. The first-order valence-electron chi connectivity index (χ1n) is 4.46. The molecule has 0 unspecified atom stereocenters. The molecule has 1 aliphatic carbocycles. The van der Waals surface area contributed by atoms with E-state index in [2.05, 4.69) is 29.1 Å².